The number of nitrogens with two attached hydrogens (primary N) is 1. The van der Waals surface area contributed by atoms with Crippen molar-refractivity contribution in [3.05, 3.63) is 64.7 Å². The van der Waals surface area contributed by atoms with Gasteiger partial charge in [0.25, 0.3) is 0 Å². The van der Waals surface area contributed by atoms with E-state index in [1.54, 1.807) is 24.3 Å². The average Bonchev–Trinajstić information content (AvgIpc) is 2.59. The third-order valence-electron chi connectivity index (χ3n) is 3.22. The molecule has 0 atom stereocenters. The summed E-state index contributed by atoms with van der Waals surface area (Å²) in [6.07, 6.45) is 3.06. The second kappa shape index (κ2) is 8.84. The van der Waals surface area contributed by atoms with Crippen LogP contribution < -0.4 is 15.8 Å². The topological polar surface area (TPSA) is 73.6 Å². The standard InChI is InChI=1S/C18H19ClN2O3/c1-23-17-10-14(15(19)11-16(17)20)8-5-9-21-18(22)24-12-13-6-3-2-4-7-13/h2-8,10-11H,9,12,20H2,1H3,(H,21,22). The highest BCUT2D eigenvalue weighted by Crippen LogP contribution is 2.29. The molecule has 6 heteroatoms. The molecule has 2 aromatic rings. The molecule has 0 saturated carbocycles. The molecule has 0 saturated heterocycles. The van der Waals surface area contributed by atoms with Gasteiger partial charge in [0, 0.05) is 6.54 Å². The molecule has 3 N–H and O–H groups in total. The molecule has 0 spiro atoms. The smallest absolute Gasteiger partial charge is 0.407 e. The predicted octanol–water partition coefficient (Wildman–Crippen LogP) is 3.87. The molecule has 0 unspecified atom stereocenters. The predicted molar refractivity (Wildman–Crippen MR) is 96.1 cm³/mol. The summed E-state index contributed by atoms with van der Waals surface area (Å²) in [5, 5.41) is 3.15. The minimum atomic E-state index is -0.482. The first kappa shape index (κ1) is 17.7. The molecule has 1 amide bonds. The lowest BCUT2D eigenvalue weighted by Gasteiger charge is -2.07. The molecular formula is C18H19ClN2O3. The van der Waals surface area contributed by atoms with E-state index in [1.165, 1.54) is 7.11 Å². The van der Waals surface area contributed by atoms with Crippen LogP contribution in [0, 0.1) is 0 Å². The number of halogens is 1. The maximum Gasteiger partial charge on any atom is 0.407 e. The zero-order chi connectivity index (χ0) is 17.4. The summed E-state index contributed by atoms with van der Waals surface area (Å²) >= 11 is 6.12. The number of alkyl carbamates (subject to hydrolysis) is 1. The van der Waals surface area contributed by atoms with Crippen LogP contribution in [0.5, 0.6) is 5.75 Å². The number of carbonyl (C=O) groups excluding carboxylic acids is 1. The maximum absolute atomic E-state index is 11.6. The Kier molecular flexibility index (Phi) is 6.51. The highest BCUT2D eigenvalue weighted by molar-refractivity contribution is 6.32. The van der Waals surface area contributed by atoms with Crippen LogP contribution in [-0.4, -0.2) is 19.7 Å². The normalized spacial score (nSPS) is 10.6. The van der Waals surface area contributed by atoms with Crippen LogP contribution in [0.4, 0.5) is 10.5 Å². The van der Waals surface area contributed by atoms with Crippen LogP contribution in [0.1, 0.15) is 11.1 Å². The molecule has 0 radical (unpaired) electrons. The first-order valence-corrected chi connectivity index (χ1v) is 7.72. The van der Waals surface area contributed by atoms with Gasteiger partial charge in [-0.2, -0.15) is 0 Å². The van der Waals surface area contributed by atoms with E-state index >= 15 is 0 Å². The van der Waals surface area contributed by atoms with Crippen LogP contribution in [0.25, 0.3) is 6.08 Å². The molecule has 5 nitrogen and oxygen atoms in total. The minimum absolute atomic E-state index is 0.234. The largest absolute Gasteiger partial charge is 0.495 e. The zero-order valence-electron chi connectivity index (χ0n) is 13.3. The van der Waals surface area contributed by atoms with Gasteiger partial charge >= 0.3 is 6.09 Å². The number of hydrogen-bond acceptors (Lipinski definition) is 4. The molecule has 0 aliphatic carbocycles. The fourth-order valence-corrected chi connectivity index (χ4v) is 2.23. The van der Waals surface area contributed by atoms with Gasteiger partial charge < -0.3 is 20.5 Å². The molecule has 0 heterocycles. The molecule has 2 rings (SSSR count). The Morgan fingerprint density at radius 3 is 2.75 bits per heavy atom. The first-order valence-electron chi connectivity index (χ1n) is 7.34. The average molecular weight is 347 g/mol. The van der Waals surface area contributed by atoms with Gasteiger partial charge in [-0.3, -0.25) is 0 Å². The van der Waals surface area contributed by atoms with E-state index in [1.807, 2.05) is 30.3 Å². The number of methoxy groups -OCH3 is 1. The number of hydrogen-bond donors (Lipinski definition) is 2. The number of carbonyl (C=O) groups is 1. The summed E-state index contributed by atoms with van der Waals surface area (Å²) in [7, 11) is 1.54. The summed E-state index contributed by atoms with van der Waals surface area (Å²) in [6, 6.07) is 12.8. The minimum Gasteiger partial charge on any atom is -0.495 e. The zero-order valence-corrected chi connectivity index (χ0v) is 14.0. The Labute approximate surface area is 146 Å². The summed E-state index contributed by atoms with van der Waals surface area (Å²) in [5.41, 5.74) is 7.93. The number of rotatable bonds is 6. The van der Waals surface area contributed by atoms with Crippen molar-refractivity contribution in [2.24, 2.45) is 0 Å². The van der Waals surface area contributed by atoms with Crippen molar-refractivity contribution in [3.8, 4) is 5.75 Å². The third-order valence-corrected chi connectivity index (χ3v) is 3.55. The van der Waals surface area contributed by atoms with Gasteiger partial charge in [0.1, 0.15) is 12.4 Å². The summed E-state index contributed by atoms with van der Waals surface area (Å²) < 4.78 is 10.3. The Bertz CT molecular complexity index is 718. The van der Waals surface area contributed by atoms with Gasteiger partial charge in [0.15, 0.2) is 0 Å². The second-order valence-corrected chi connectivity index (χ2v) is 5.37. The lowest BCUT2D eigenvalue weighted by atomic mass is 10.1. The van der Waals surface area contributed by atoms with Gasteiger partial charge in [-0.25, -0.2) is 4.79 Å². The van der Waals surface area contributed by atoms with Gasteiger partial charge in [-0.15, -0.1) is 0 Å². The van der Waals surface area contributed by atoms with E-state index in [-0.39, 0.29) is 6.61 Å². The van der Waals surface area contributed by atoms with E-state index in [2.05, 4.69) is 5.32 Å². The van der Waals surface area contributed by atoms with E-state index in [0.29, 0.717) is 23.0 Å². The SMILES string of the molecule is COc1cc(C=CCNC(=O)OCc2ccccc2)c(Cl)cc1N. The quantitative estimate of drug-likeness (QED) is 0.779. The van der Waals surface area contributed by atoms with E-state index in [0.717, 1.165) is 11.1 Å². The van der Waals surface area contributed by atoms with Crippen LogP contribution in [0.3, 0.4) is 0 Å². The van der Waals surface area contributed by atoms with Gasteiger partial charge in [-0.05, 0) is 23.3 Å². The van der Waals surface area contributed by atoms with E-state index in [4.69, 9.17) is 26.8 Å². The Hall–Kier alpha value is -2.66. The van der Waals surface area contributed by atoms with Crippen LogP contribution in [0.2, 0.25) is 5.02 Å². The number of nitrogen functional groups attached to an aromatic ring is 1. The Morgan fingerprint density at radius 1 is 1.29 bits per heavy atom. The van der Waals surface area contributed by atoms with Gasteiger partial charge in [-0.1, -0.05) is 54.1 Å². The fraction of sp³-hybridized carbons (Fsp3) is 0.167. The summed E-state index contributed by atoms with van der Waals surface area (Å²) in [6.45, 7) is 0.550. The number of nitrogens with one attached hydrogen (secondary N) is 1. The molecule has 126 valence electrons. The van der Waals surface area contributed by atoms with Crippen molar-refractivity contribution < 1.29 is 14.3 Å². The van der Waals surface area contributed by atoms with Crippen LogP contribution >= 0.6 is 11.6 Å². The number of ether oxygens (including phenoxy) is 2. The first-order chi connectivity index (χ1) is 11.6. The molecule has 0 fully saturated rings. The molecule has 0 aliphatic rings. The lowest BCUT2D eigenvalue weighted by molar-refractivity contribution is 0.141. The van der Waals surface area contributed by atoms with Crippen molar-refractivity contribution in [2.45, 2.75) is 6.61 Å². The highest BCUT2D eigenvalue weighted by atomic mass is 35.5. The van der Waals surface area contributed by atoms with Crippen molar-refractivity contribution in [1.29, 1.82) is 0 Å². The molecular weight excluding hydrogens is 328 g/mol. The van der Waals surface area contributed by atoms with Crippen LogP contribution in [-0.2, 0) is 11.3 Å². The van der Waals surface area contributed by atoms with Crippen molar-refractivity contribution >= 4 is 29.5 Å². The third kappa shape index (κ3) is 5.21. The molecule has 2 aromatic carbocycles. The number of benzene rings is 2. The number of anilines is 1. The van der Waals surface area contributed by atoms with Crippen LogP contribution in [0.15, 0.2) is 48.5 Å². The Morgan fingerprint density at radius 2 is 2.04 bits per heavy atom. The molecule has 0 aromatic heterocycles. The van der Waals surface area contributed by atoms with Crippen molar-refractivity contribution in [1.82, 2.24) is 5.32 Å². The molecule has 0 bridgehead atoms. The molecule has 24 heavy (non-hydrogen) atoms. The number of amides is 1. The fourth-order valence-electron chi connectivity index (χ4n) is 1.99. The van der Waals surface area contributed by atoms with Crippen molar-refractivity contribution in [2.75, 3.05) is 19.4 Å². The Balaban J connectivity index is 1.81. The highest BCUT2D eigenvalue weighted by Gasteiger charge is 2.05. The maximum atomic E-state index is 11.6. The summed E-state index contributed by atoms with van der Waals surface area (Å²) in [4.78, 5) is 11.6. The monoisotopic (exact) mass is 346 g/mol. The molecule has 0 aliphatic heterocycles. The van der Waals surface area contributed by atoms with Gasteiger partial charge in [0.05, 0.1) is 17.8 Å². The van der Waals surface area contributed by atoms with E-state index < -0.39 is 6.09 Å². The second-order valence-electron chi connectivity index (χ2n) is 4.96. The summed E-state index contributed by atoms with van der Waals surface area (Å²) in [5.74, 6) is 0.550. The van der Waals surface area contributed by atoms with E-state index in [9.17, 15) is 4.79 Å². The van der Waals surface area contributed by atoms with Gasteiger partial charge in [0.2, 0.25) is 0 Å². The lowest BCUT2D eigenvalue weighted by Crippen LogP contribution is -2.24. The van der Waals surface area contributed by atoms with Crippen molar-refractivity contribution in [3.63, 3.8) is 0 Å².